The Morgan fingerprint density at radius 2 is 1.84 bits per heavy atom. The number of aliphatic imine (C=N–C) groups is 1. The van der Waals surface area contributed by atoms with Gasteiger partial charge in [-0.25, -0.2) is 0 Å². The Balaban J connectivity index is 0.00000363. The molecular formula is C23H37F3IN5. The molecule has 32 heavy (non-hydrogen) atoms. The van der Waals surface area contributed by atoms with Crippen LogP contribution in [0.5, 0.6) is 0 Å². The van der Waals surface area contributed by atoms with E-state index in [0.29, 0.717) is 31.1 Å². The van der Waals surface area contributed by atoms with Crippen molar-refractivity contribution in [1.82, 2.24) is 20.4 Å². The average molecular weight is 567 g/mol. The van der Waals surface area contributed by atoms with Crippen LogP contribution in [0, 0.1) is 5.92 Å². The minimum Gasteiger partial charge on any atom is -0.356 e. The lowest BCUT2D eigenvalue weighted by atomic mass is 9.93. The molecule has 2 N–H and O–H groups in total. The van der Waals surface area contributed by atoms with Crippen molar-refractivity contribution >= 4 is 29.9 Å². The molecule has 0 bridgehead atoms. The molecule has 2 fully saturated rings. The average Bonchev–Trinajstić information content (AvgIpc) is 3.07. The van der Waals surface area contributed by atoms with Crippen LogP contribution in [-0.2, 0) is 6.54 Å². The van der Waals surface area contributed by atoms with Crippen LogP contribution in [-0.4, -0.2) is 73.8 Å². The van der Waals surface area contributed by atoms with Gasteiger partial charge in [0.05, 0.1) is 6.54 Å². The minimum absolute atomic E-state index is 0. The van der Waals surface area contributed by atoms with E-state index >= 15 is 0 Å². The maximum atomic E-state index is 12.5. The first-order chi connectivity index (χ1) is 14.8. The summed E-state index contributed by atoms with van der Waals surface area (Å²) in [5.74, 6) is 1.29. The van der Waals surface area contributed by atoms with E-state index in [-0.39, 0.29) is 24.0 Å². The molecule has 0 aliphatic carbocycles. The van der Waals surface area contributed by atoms with Gasteiger partial charge in [0.25, 0.3) is 0 Å². The number of alkyl halides is 3. The summed E-state index contributed by atoms with van der Waals surface area (Å²) in [5.41, 5.74) is 1.33. The highest BCUT2D eigenvalue weighted by Gasteiger charge is 2.32. The summed E-state index contributed by atoms with van der Waals surface area (Å²) in [5, 5.41) is 6.95. The van der Waals surface area contributed by atoms with E-state index in [9.17, 15) is 13.2 Å². The lowest BCUT2D eigenvalue weighted by molar-refractivity contribution is -0.148. The zero-order valence-electron chi connectivity index (χ0n) is 19.1. The Labute approximate surface area is 207 Å². The summed E-state index contributed by atoms with van der Waals surface area (Å²) in [7, 11) is 1.78. The van der Waals surface area contributed by atoms with Crippen LogP contribution in [0.4, 0.5) is 13.2 Å². The molecule has 2 unspecified atom stereocenters. The maximum absolute atomic E-state index is 12.5. The highest BCUT2D eigenvalue weighted by molar-refractivity contribution is 14.0. The quantitative estimate of drug-likeness (QED) is 0.296. The van der Waals surface area contributed by atoms with Gasteiger partial charge in [0, 0.05) is 38.8 Å². The number of hydrogen-bond donors (Lipinski definition) is 2. The van der Waals surface area contributed by atoms with Crippen LogP contribution in [0.15, 0.2) is 35.3 Å². The molecule has 2 aliphatic rings. The third kappa shape index (κ3) is 9.05. The molecule has 0 saturated carbocycles. The molecule has 2 atom stereocenters. The van der Waals surface area contributed by atoms with Crippen molar-refractivity contribution in [2.75, 3.05) is 39.8 Å². The summed E-state index contributed by atoms with van der Waals surface area (Å²) >= 11 is 0. The lowest BCUT2D eigenvalue weighted by Gasteiger charge is -2.32. The van der Waals surface area contributed by atoms with Crippen LogP contribution in [0.3, 0.4) is 0 Å². The second kappa shape index (κ2) is 13.0. The summed E-state index contributed by atoms with van der Waals surface area (Å²) in [6.07, 6.45) is -0.398. The van der Waals surface area contributed by atoms with Crippen LogP contribution in [0.25, 0.3) is 0 Å². The molecule has 3 rings (SSSR count). The van der Waals surface area contributed by atoms with Crippen molar-refractivity contribution in [3.8, 4) is 0 Å². The fraction of sp³-hybridized carbons (Fsp3) is 0.696. The molecule has 2 saturated heterocycles. The van der Waals surface area contributed by atoms with Crippen LogP contribution in [0.2, 0.25) is 0 Å². The zero-order valence-corrected chi connectivity index (χ0v) is 21.4. The van der Waals surface area contributed by atoms with E-state index in [2.05, 4.69) is 51.7 Å². The third-order valence-corrected chi connectivity index (χ3v) is 6.45. The Morgan fingerprint density at radius 3 is 2.47 bits per heavy atom. The highest BCUT2D eigenvalue weighted by Crippen LogP contribution is 2.24. The summed E-state index contributed by atoms with van der Waals surface area (Å²) in [6.45, 7) is 5.29. The number of benzene rings is 1. The van der Waals surface area contributed by atoms with E-state index in [4.69, 9.17) is 0 Å². The second-order valence-corrected chi connectivity index (χ2v) is 8.96. The van der Waals surface area contributed by atoms with Gasteiger partial charge in [0.2, 0.25) is 0 Å². The summed E-state index contributed by atoms with van der Waals surface area (Å²) in [6, 6.07) is 11.4. The second-order valence-electron chi connectivity index (χ2n) is 8.96. The van der Waals surface area contributed by atoms with Crippen LogP contribution >= 0.6 is 24.0 Å². The molecule has 1 aromatic rings. The van der Waals surface area contributed by atoms with Crippen molar-refractivity contribution in [3.05, 3.63) is 35.9 Å². The van der Waals surface area contributed by atoms with E-state index in [0.717, 1.165) is 51.3 Å². The number of rotatable bonds is 7. The van der Waals surface area contributed by atoms with Gasteiger partial charge >= 0.3 is 6.18 Å². The molecule has 0 spiro atoms. The molecule has 2 aliphatic heterocycles. The number of piperidine rings is 1. The maximum Gasteiger partial charge on any atom is 0.401 e. The fourth-order valence-corrected chi connectivity index (χ4v) is 4.71. The van der Waals surface area contributed by atoms with E-state index < -0.39 is 12.7 Å². The molecule has 0 radical (unpaired) electrons. The van der Waals surface area contributed by atoms with E-state index in [1.54, 1.807) is 7.05 Å². The van der Waals surface area contributed by atoms with Gasteiger partial charge in [-0.1, -0.05) is 30.3 Å². The lowest BCUT2D eigenvalue weighted by Crippen LogP contribution is -2.45. The number of nitrogens with one attached hydrogen (secondary N) is 2. The van der Waals surface area contributed by atoms with Crippen molar-refractivity contribution in [2.24, 2.45) is 10.9 Å². The molecular weight excluding hydrogens is 530 g/mol. The van der Waals surface area contributed by atoms with Gasteiger partial charge in [0.15, 0.2) is 5.96 Å². The van der Waals surface area contributed by atoms with E-state index in [1.807, 2.05) is 6.07 Å². The first kappa shape index (κ1) is 27.2. The van der Waals surface area contributed by atoms with Crippen molar-refractivity contribution < 1.29 is 13.2 Å². The van der Waals surface area contributed by atoms with E-state index in [1.165, 1.54) is 10.5 Å². The van der Waals surface area contributed by atoms with Gasteiger partial charge in [-0.3, -0.25) is 14.8 Å². The van der Waals surface area contributed by atoms with Crippen LogP contribution in [0.1, 0.15) is 38.2 Å². The Bertz CT molecular complexity index is 693. The minimum atomic E-state index is -4.10. The van der Waals surface area contributed by atoms with Gasteiger partial charge in [-0.2, -0.15) is 13.2 Å². The topological polar surface area (TPSA) is 42.9 Å². The van der Waals surface area contributed by atoms with Crippen molar-refractivity contribution in [2.45, 2.75) is 57.4 Å². The monoisotopic (exact) mass is 567 g/mol. The van der Waals surface area contributed by atoms with Gasteiger partial charge in [-0.15, -0.1) is 24.0 Å². The first-order valence-corrected chi connectivity index (χ1v) is 11.4. The van der Waals surface area contributed by atoms with Gasteiger partial charge in [-0.05, 0) is 57.2 Å². The third-order valence-electron chi connectivity index (χ3n) is 6.45. The molecule has 0 amide bonds. The first-order valence-electron chi connectivity index (χ1n) is 11.4. The molecule has 9 heteroatoms. The Kier molecular flexibility index (Phi) is 11.0. The fourth-order valence-electron chi connectivity index (χ4n) is 4.71. The zero-order chi connectivity index (χ0) is 22.3. The molecule has 182 valence electrons. The van der Waals surface area contributed by atoms with Gasteiger partial charge < -0.3 is 10.6 Å². The predicted molar refractivity (Wildman–Crippen MR) is 134 cm³/mol. The largest absolute Gasteiger partial charge is 0.401 e. The highest BCUT2D eigenvalue weighted by atomic mass is 127. The summed E-state index contributed by atoms with van der Waals surface area (Å²) < 4.78 is 37.6. The van der Waals surface area contributed by atoms with Gasteiger partial charge in [0.1, 0.15) is 0 Å². The Morgan fingerprint density at radius 1 is 1.16 bits per heavy atom. The molecule has 5 nitrogen and oxygen atoms in total. The Hall–Kier alpha value is -1.07. The molecule has 0 aromatic heterocycles. The SMILES string of the molecule is CN=C(NCCC1CCN(CC(F)(F)F)CC1)NC1CC(C)N(Cc2ccccc2)C1.I. The number of guanidine groups is 1. The molecule has 1 aromatic carbocycles. The predicted octanol–water partition coefficient (Wildman–Crippen LogP) is 4.10. The normalized spacial score (nSPS) is 23.7. The number of nitrogens with zero attached hydrogens (tertiary/aromatic N) is 3. The number of hydrogen-bond acceptors (Lipinski definition) is 3. The number of halogens is 4. The standard InChI is InChI=1S/C23H36F3N5.HI/c1-18-14-21(16-31(18)15-20-6-4-3-5-7-20)29-22(27-2)28-11-8-19-9-12-30(13-10-19)17-23(24,25)26;/h3-7,18-19,21H,8-17H2,1-2H3,(H2,27,28,29);1H. The number of likely N-dealkylation sites (tertiary alicyclic amines) is 2. The molecule has 2 heterocycles. The van der Waals surface area contributed by atoms with Crippen molar-refractivity contribution in [3.63, 3.8) is 0 Å². The smallest absolute Gasteiger partial charge is 0.356 e. The van der Waals surface area contributed by atoms with Crippen molar-refractivity contribution in [1.29, 1.82) is 0 Å². The summed E-state index contributed by atoms with van der Waals surface area (Å²) in [4.78, 5) is 8.38. The van der Waals surface area contributed by atoms with Crippen LogP contribution < -0.4 is 10.6 Å².